The topological polar surface area (TPSA) is 151 Å². The van der Waals surface area contributed by atoms with Gasteiger partial charge in [0, 0.05) is 0 Å². The second-order valence-corrected chi connectivity index (χ2v) is 8.56. The molecule has 2 aromatic heterocycles. The molecule has 0 bridgehead atoms. The molecule has 36 heavy (non-hydrogen) atoms. The minimum absolute atomic E-state index is 0.0376. The number of aromatic amines is 2. The van der Waals surface area contributed by atoms with Crippen molar-refractivity contribution in [1.82, 2.24) is 25.3 Å². The fourth-order valence-corrected chi connectivity index (χ4v) is 4.40. The number of piperidine rings is 1. The summed E-state index contributed by atoms with van der Waals surface area (Å²) >= 11 is 0. The van der Waals surface area contributed by atoms with Crippen molar-refractivity contribution in [3.05, 3.63) is 59.7 Å². The first-order chi connectivity index (χ1) is 17.5. The average Bonchev–Trinajstić information content (AvgIpc) is 3.53. The Labute approximate surface area is 207 Å². The van der Waals surface area contributed by atoms with Gasteiger partial charge < -0.3 is 30.5 Å². The van der Waals surface area contributed by atoms with Crippen molar-refractivity contribution >= 4 is 34.5 Å². The summed E-state index contributed by atoms with van der Waals surface area (Å²) in [5.74, 6) is 0.174. The number of hydrogen-bond acceptors (Lipinski definition) is 7. The van der Waals surface area contributed by atoms with E-state index in [1.807, 2.05) is 31.2 Å². The number of methoxy groups -OCH3 is 1. The summed E-state index contributed by atoms with van der Waals surface area (Å²) in [5, 5.41) is 3.33. The van der Waals surface area contributed by atoms with E-state index in [-0.39, 0.29) is 23.4 Å². The fraction of sp³-hybridized carbons (Fsp3) is 0.280. The van der Waals surface area contributed by atoms with Crippen LogP contribution >= 0.6 is 0 Å². The van der Waals surface area contributed by atoms with E-state index < -0.39 is 11.8 Å². The Morgan fingerprint density at radius 3 is 2.69 bits per heavy atom. The molecule has 1 fully saturated rings. The van der Waals surface area contributed by atoms with E-state index in [1.165, 1.54) is 11.2 Å². The van der Waals surface area contributed by atoms with Gasteiger partial charge in [-0.3, -0.25) is 9.59 Å². The van der Waals surface area contributed by atoms with E-state index in [1.54, 1.807) is 19.2 Å². The van der Waals surface area contributed by atoms with Gasteiger partial charge in [0.25, 0.3) is 11.8 Å². The second-order valence-electron chi connectivity index (χ2n) is 8.56. The lowest BCUT2D eigenvalue weighted by Crippen LogP contribution is -2.34. The molecule has 0 saturated carbocycles. The minimum atomic E-state index is -0.812. The zero-order valence-corrected chi connectivity index (χ0v) is 20.0. The van der Waals surface area contributed by atoms with E-state index in [0.717, 1.165) is 37.2 Å². The largest absolute Gasteiger partial charge is 0.494 e. The lowest BCUT2D eigenvalue weighted by molar-refractivity contribution is 0.0961. The summed E-state index contributed by atoms with van der Waals surface area (Å²) in [7, 11) is 1.56. The number of rotatable bonds is 7. The third-order valence-electron chi connectivity index (χ3n) is 6.18. The molecule has 0 radical (unpaired) electrons. The SMILES string of the molecule is COc1cccc2[nH]c(N(C(=O)c3[nH]cnc3C(N)=O)c3ccc(OC4CCNCC4)cc3C)nc12. The molecule has 3 heterocycles. The predicted molar refractivity (Wildman–Crippen MR) is 134 cm³/mol. The van der Waals surface area contributed by atoms with Gasteiger partial charge in [-0.25, -0.2) is 14.9 Å². The predicted octanol–water partition coefficient (Wildman–Crippen LogP) is 2.81. The zero-order chi connectivity index (χ0) is 25.2. The van der Waals surface area contributed by atoms with Gasteiger partial charge in [0.05, 0.1) is 24.6 Å². The van der Waals surface area contributed by atoms with Gasteiger partial charge in [-0.05, 0) is 68.8 Å². The van der Waals surface area contributed by atoms with Gasteiger partial charge in [0.2, 0.25) is 5.95 Å². The molecule has 186 valence electrons. The van der Waals surface area contributed by atoms with E-state index in [4.69, 9.17) is 15.2 Å². The van der Waals surface area contributed by atoms with Crippen LogP contribution < -0.4 is 25.4 Å². The lowest BCUT2D eigenvalue weighted by Gasteiger charge is -2.25. The molecule has 11 heteroatoms. The maximum absolute atomic E-state index is 13.8. The maximum Gasteiger partial charge on any atom is 0.284 e. The standard InChI is InChI=1S/C25H27N7O4/c1-14-12-16(36-15-8-10-27-11-9-15)6-7-18(14)32(24(34)22-21(23(26)33)28-13-29-22)25-30-17-4-3-5-19(35-2)20(17)31-25/h3-7,12-13,15,27H,8-11H2,1-2H3,(H2,26,33)(H,28,29)(H,30,31). The molecule has 1 saturated heterocycles. The molecular weight excluding hydrogens is 462 g/mol. The molecule has 5 rings (SSSR count). The highest BCUT2D eigenvalue weighted by atomic mass is 16.5. The number of hydrogen-bond donors (Lipinski definition) is 4. The van der Waals surface area contributed by atoms with Crippen LogP contribution in [0.1, 0.15) is 39.4 Å². The molecule has 0 atom stereocenters. The van der Waals surface area contributed by atoms with Crippen LogP contribution in [0.4, 0.5) is 11.6 Å². The lowest BCUT2D eigenvalue weighted by atomic mass is 10.1. The molecule has 1 aliphatic heterocycles. The van der Waals surface area contributed by atoms with E-state index in [0.29, 0.717) is 22.5 Å². The Balaban J connectivity index is 1.58. The Hall–Kier alpha value is -4.38. The number of nitrogens with two attached hydrogens (primary N) is 1. The van der Waals surface area contributed by atoms with Crippen LogP contribution in [0.25, 0.3) is 11.0 Å². The first-order valence-corrected chi connectivity index (χ1v) is 11.6. The zero-order valence-electron chi connectivity index (χ0n) is 20.0. The number of ether oxygens (including phenoxy) is 2. The first kappa shape index (κ1) is 23.4. The number of fused-ring (bicyclic) bond motifs is 1. The van der Waals surface area contributed by atoms with Crippen LogP contribution in [0.2, 0.25) is 0 Å². The number of para-hydroxylation sites is 1. The molecule has 5 N–H and O–H groups in total. The van der Waals surface area contributed by atoms with Crippen LogP contribution in [0.5, 0.6) is 11.5 Å². The van der Waals surface area contributed by atoms with Crippen molar-refractivity contribution in [3.8, 4) is 11.5 Å². The number of imidazole rings is 2. The Kier molecular flexibility index (Phi) is 6.30. The van der Waals surface area contributed by atoms with Crippen LogP contribution in [-0.4, -0.2) is 58.1 Å². The van der Waals surface area contributed by atoms with Crippen LogP contribution in [0.3, 0.4) is 0 Å². The molecule has 2 amide bonds. The number of carbonyl (C=O) groups excluding carboxylic acids is 2. The number of benzene rings is 2. The maximum atomic E-state index is 13.8. The average molecular weight is 490 g/mol. The van der Waals surface area contributed by atoms with E-state index in [9.17, 15) is 9.59 Å². The van der Waals surface area contributed by atoms with Gasteiger partial charge >= 0.3 is 0 Å². The summed E-state index contributed by atoms with van der Waals surface area (Å²) < 4.78 is 11.6. The molecule has 2 aromatic carbocycles. The van der Waals surface area contributed by atoms with Crippen molar-refractivity contribution in [2.75, 3.05) is 25.1 Å². The normalized spacial score (nSPS) is 14.1. The van der Waals surface area contributed by atoms with Gasteiger partial charge in [0.1, 0.15) is 28.8 Å². The summed E-state index contributed by atoms with van der Waals surface area (Å²) in [6.45, 7) is 3.73. The van der Waals surface area contributed by atoms with Crippen molar-refractivity contribution in [2.24, 2.45) is 5.73 Å². The van der Waals surface area contributed by atoms with E-state index >= 15 is 0 Å². The quantitative estimate of drug-likeness (QED) is 0.312. The number of carbonyl (C=O) groups is 2. The van der Waals surface area contributed by atoms with Crippen molar-refractivity contribution in [2.45, 2.75) is 25.9 Å². The van der Waals surface area contributed by atoms with Crippen LogP contribution in [0.15, 0.2) is 42.7 Å². The summed E-state index contributed by atoms with van der Waals surface area (Å²) in [6.07, 6.45) is 3.26. The molecule has 11 nitrogen and oxygen atoms in total. The number of nitrogens with zero attached hydrogens (tertiary/aromatic N) is 3. The van der Waals surface area contributed by atoms with Gasteiger partial charge in [0.15, 0.2) is 5.69 Å². The number of aryl methyl sites for hydroxylation is 1. The Morgan fingerprint density at radius 1 is 1.17 bits per heavy atom. The van der Waals surface area contributed by atoms with E-state index in [2.05, 4.69) is 25.3 Å². The third kappa shape index (κ3) is 4.36. The van der Waals surface area contributed by atoms with Gasteiger partial charge in [-0.2, -0.15) is 0 Å². The Morgan fingerprint density at radius 2 is 1.97 bits per heavy atom. The fourth-order valence-electron chi connectivity index (χ4n) is 4.40. The molecular formula is C25H27N7O4. The molecule has 0 spiro atoms. The van der Waals surface area contributed by atoms with Gasteiger partial charge in [-0.1, -0.05) is 6.07 Å². The number of H-pyrrole nitrogens is 2. The smallest absolute Gasteiger partial charge is 0.284 e. The molecule has 0 aliphatic carbocycles. The number of amides is 2. The second kappa shape index (κ2) is 9.70. The monoisotopic (exact) mass is 489 g/mol. The van der Waals surface area contributed by atoms with Crippen LogP contribution in [-0.2, 0) is 0 Å². The molecule has 0 unspecified atom stereocenters. The summed E-state index contributed by atoms with van der Waals surface area (Å²) in [4.78, 5) is 41.7. The summed E-state index contributed by atoms with van der Waals surface area (Å²) in [5.41, 5.74) is 7.86. The van der Waals surface area contributed by atoms with Gasteiger partial charge in [-0.15, -0.1) is 0 Å². The van der Waals surface area contributed by atoms with Crippen LogP contribution in [0, 0.1) is 6.92 Å². The molecule has 4 aromatic rings. The highest BCUT2D eigenvalue weighted by Crippen LogP contribution is 2.34. The highest BCUT2D eigenvalue weighted by molar-refractivity contribution is 6.14. The van der Waals surface area contributed by atoms with Crippen molar-refractivity contribution < 1.29 is 19.1 Å². The first-order valence-electron chi connectivity index (χ1n) is 11.6. The number of anilines is 2. The molecule has 1 aliphatic rings. The minimum Gasteiger partial charge on any atom is -0.494 e. The van der Waals surface area contributed by atoms with Crippen molar-refractivity contribution in [3.63, 3.8) is 0 Å². The van der Waals surface area contributed by atoms with Crippen molar-refractivity contribution in [1.29, 1.82) is 0 Å². The third-order valence-corrected chi connectivity index (χ3v) is 6.18. The summed E-state index contributed by atoms with van der Waals surface area (Å²) in [6, 6.07) is 11.0. The number of nitrogens with one attached hydrogen (secondary N) is 3. The number of aromatic nitrogens is 4. The Bertz CT molecular complexity index is 1420. The number of primary amides is 1. The highest BCUT2D eigenvalue weighted by Gasteiger charge is 2.30.